The zero-order valence-corrected chi connectivity index (χ0v) is 45.9. The number of unbranched alkanes of at least 4 members (excludes halogenated alkanes) is 1. The number of H-pyrrole nitrogens is 2. The minimum Gasteiger partial charge on any atom is -0.391 e. The van der Waals surface area contributed by atoms with Crippen LogP contribution in [0.25, 0.3) is 22.1 Å². The van der Waals surface area contributed by atoms with Crippen LogP contribution in [0, 0.1) is 0 Å². The molecule has 18 N–H and O–H groups in total. The number of anilines is 1. The third-order valence-corrected chi connectivity index (χ3v) is 15.6. The molecule has 7 rings (SSSR count). The summed E-state index contributed by atoms with van der Waals surface area (Å²) in [5, 5.41) is 29.5. The van der Waals surface area contributed by atoms with Crippen LogP contribution in [-0.2, 0) is 64.3 Å². The number of imidazole rings is 1. The SMILES string of the molecule is CC(O)[C@H](NC(=O)[C@@H]1CSSC[C@H](NC(=O)[C@H](N)Cc2ccccc2)C(=O)N[C@@H](Cn2ccc(=O)[nH]c2=O)C(=O)N[C@H](Cc2c[nH]c3ccccc23)C(=O)N[C@@H](CCCCN)C(=O)N[C@@H](Cn2cnc3c(N)ncnc32)C(=O)N1)C(N)=O. The quantitative estimate of drug-likeness (QED) is 0.0288. The Balaban J connectivity index is 1.32. The van der Waals surface area contributed by atoms with Gasteiger partial charge in [0.05, 0.1) is 31.6 Å². The summed E-state index contributed by atoms with van der Waals surface area (Å²) in [6, 6.07) is 4.64. The molecule has 0 aliphatic carbocycles. The van der Waals surface area contributed by atoms with Gasteiger partial charge in [0.2, 0.25) is 47.3 Å². The van der Waals surface area contributed by atoms with Crippen molar-refractivity contribution in [3.63, 3.8) is 0 Å². The molecule has 1 fully saturated rings. The molecule has 0 bridgehead atoms. The summed E-state index contributed by atoms with van der Waals surface area (Å²) < 4.78 is 2.33. The van der Waals surface area contributed by atoms with Gasteiger partial charge in [-0.25, -0.2) is 19.7 Å². The van der Waals surface area contributed by atoms with Crippen LogP contribution in [0.1, 0.15) is 37.3 Å². The molecule has 1 aliphatic heterocycles. The molecule has 0 radical (unpaired) electrons. The van der Waals surface area contributed by atoms with Gasteiger partial charge in [0.1, 0.15) is 54.1 Å². The summed E-state index contributed by atoms with van der Waals surface area (Å²) in [5.74, 6) is -8.37. The third kappa shape index (κ3) is 16.3. The molecule has 6 aromatic rings. The molecular formula is C51H64N18O11S2. The highest BCUT2D eigenvalue weighted by atomic mass is 33.1. The molecule has 8 amide bonds. The lowest BCUT2D eigenvalue weighted by Gasteiger charge is -2.29. The Bertz CT molecular complexity index is 3390. The maximum Gasteiger partial charge on any atom is 0.328 e. The number of nitrogens with zero attached hydrogens (tertiary/aromatic N) is 5. The maximum atomic E-state index is 15.0. The molecule has 82 heavy (non-hydrogen) atoms. The van der Waals surface area contributed by atoms with Gasteiger partial charge in [0.25, 0.3) is 5.56 Å². The Labute approximate surface area is 474 Å². The van der Waals surface area contributed by atoms with Gasteiger partial charge in [-0.05, 0) is 56.3 Å². The number of benzene rings is 2. The number of fused-ring (bicyclic) bond motifs is 2. The van der Waals surface area contributed by atoms with E-state index in [2.05, 4.69) is 62.1 Å². The fourth-order valence-corrected chi connectivity index (χ4v) is 11.1. The zero-order valence-electron chi connectivity index (χ0n) is 44.2. The van der Waals surface area contributed by atoms with E-state index in [1.54, 1.807) is 60.8 Å². The molecule has 1 saturated heterocycles. The van der Waals surface area contributed by atoms with Crippen LogP contribution in [0.4, 0.5) is 5.82 Å². The molecule has 0 saturated carbocycles. The number of aromatic nitrogens is 7. The van der Waals surface area contributed by atoms with E-state index in [4.69, 9.17) is 22.9 Å². The molecule has 0 spiro atoms. The van der Waals surface area contributed by atoms with Gasteiger partial charge >= 0.3 is 5.69 Å². The first kappa shape index (κ1) is 61.0. The van der Waals surface area contributed by atoms with Gasteiger partial charge in [-0.1, -0.05) is 70.1 Å². The number of hydrogen-bond donors (Lipinski definition) is 14. The Morgan fingerprint density at radius 1 is 0.780 bits per heavy atom. The summed E-state index contributed by atoms with van der Waals surface area (Å²) in [7, 11) is 1.83. The molecule has 1 aliphatic rings. The second kappa shape index (κ2) is 28.7. The van der Waals surface area contributed by atoms with Gasteiger partial charge in [-0.15, -0.1) is 0 Å². The Hall–Kier alpha value is -8.65. The van der Waals surface area contributed by atoms with Gasteiger partial charge in [0, 0.05) is 47.3 Å². The lowest BCUT2D eigenvalue weighted by molar-refractivity contribution is -0.136. The van der Waals surface area contributed by atoms with E-state index in [1.807, 2.05) is 0 Å². The van der Waals surface area contributed by atoms with Crippen LogP contribution in [0.3, 0.4) is 0 Å². The topological polar surface area (TPSA) is 459 Å². The minimum absolute atomic E-state index is 0.00439. The summed E-state index contributed by atoms with van der Waals surface area (Å²) in [6.45, 7) is 0.364. The molecule has 436 valence electrons. The van der Waals surface area contributed by atoms with E-state index in [0.29, 0.717) is 28.5 Å². The number of aromatic amines is 2. The molecule has 29 nitrogen and oxygen atoms in total. The molecule has 5 heterocycles. The van der Waals surface area contributed by atoms with E-state index < -0.39 is 126 Å². The highest BCUT2D eigenvalue weighted by Crippen LogP contribution is 2.25. The number of carbonyl (C=O) groups excluding carboxylic acids is 8. The van der Waals surface area contributed by atoms with Crippen LogP contribution < -0.4 is 71.4 Å². The molecule has 9 atom stereocenters. The summed E-state index contributed by atoms with van der Waals surface area (Å²) in [4.78, 5) is 158. The van der Waals surface area contributed by atoms with Crippen molar-refractivity contribution in [3.8, 4) is 0 Å². The molecule has 1 unspecified atom stereocenters. The highest BCUT2D eigenvalue weighted by Gasteiger charge is 2.36. The first-order valence-corrected chi connectivity index (χ1v) is 28.4. The van der Waals surface area contributed by atoms with Crippen LogP contribution in [0.2, 0.25) is 0 Å². The van der Waals surface area contributed by atoms with E-state index in [9.17, 15) is 53.1 Å². The Morgan fingerprint density at radius 2 is 1.43 bits per heavy atom. The number of primary amides is 1. The monoisotopic (exact) mass is 1170 g/mol. The van der Waals surface area contributed by atoms with Crippen molar-refractivity contribution in [2.24, 2.45) is 17.2 Å². The number of aliphatic hydroxyl groups is 1. The number of nitrogens with one attached hydrogen (secondary N) is 9. The van der Waals surface area contributed by atoms with Gasteiger partial charge in [0.15, 0.2) is 11.5 Å². The lowest BCUT2D eigenvalue weighted by Crippen LogP contribution is -2.62. The number of hydrogen-bond acceptors (Lipinski definition) is 19. The second-order valence-corrected chi connectivity index (χ2v) is 21.9. The van der Waals surface area contributed by atoms with Gasteiger partial charge < -0.3 is 74.8 Å². The normalized spacial score (nSPS) is 21.0. The van der Waals surface area contributed by atoms with Crippen LogP contribution in [-0.4, -0.2) is 159 Å². The molecular weight excluding hydrogens is 1100 g/mol. The molecule has 4 aromatic heterocycles. The second-order valence-electron chi connectivity index (χ2n) is 19.3. The van der Waals surface area contributed by atoms with Crippen molar-refractivity contribution in [3.05, 3.63) is 118 Å². The van der Waals surface area contributed by atoms with Crippen molar-refractivity contribution in [1.29, 1.82) is 0 Å². The lowest BCUT2D eigenvalue weighted by atomic mass is 10.0. The number of nitrogen functional groups attached to an aromatic ring is 1. The number of aliphatic hydroxyl groups excluding tert-OH is 1. The summed E-state index contributed by atoms with van der Waals surface area (Å²) in [6.07, 6.45) is 4.11. The zero-order chi connectivity index (χ0) is 59.0. The predicted octanol–water partition coefficient (Wildman–Crippen LogP) is -3.96. The van der Waals surface area contributed by atoms with E-state index in [0.717, 1.165) is 44.7 Å². The number of amides is 8. The van der Waals surface area contributed by atoms with Crippen molar-refractivity contribution in [2.45, 2.75) is 107 Å². The van der Waals surface area contributed by atoms with E-state index in [1.165, 1.54) is 17.8 Å². The number of nitrogens with two attached hydrogens (primary N) is 4. The van der Waals surface area contributed by atoms with Gasteiger partial charge in [-0.2, -0.15) is 0 Å². The Morgan fingerprint density at radius 3 is 2.15 bits per heavy atom. The first-order valence-electron chi connectivity index (χ1n) is 25.9. The van der Waals surface area contributed by atoms with Crippen molar-refractivity contribution in [2.75, 3.05) is 23.8 Å². The van der Waals surface area contributed by atoms with E-state index >= 15 is 0 Å². The van der Waals surface area contributed by atoms with Crippen molar-refractivity contribution in [1.82, 2.24) is 71.3 Å². The maximum absolute atomic E-state index is 15.0. The fourth-order valence-electron chi connectivity index (χ4n) is 8.78. The van der Waals surface area contributed by atoms with E-state index in [-0.39, 0.29) is 60.7 Å². The number of rotatable bonds is 18. The van der Waals surface area contributed by atoms with Gasteiger partial charge in [-0.3, -0.25) is 52.7 Å². The smallest absolute Gasteiger partial charge is 0.328 e. The highest BCUT2D eigenvalue weighted by molar-refractivity contribution is 8.76. The average molecular weight is 1170 g/mol. The minimum atomic E-state index is -1.73. The van der Waals surface area contributed by atoms with Crippen molar-refractivity contribution >= 4 is 96.7 Å². The van der Waals surface area contributed by atoms with Crippen LogP contribution >= 0.6 is 21.6 Å². The molecule has 2 aromatic carbocycles. The fraction of sp³-hybridized carbons (Fsp3) is 0.392. The average Bonchev–Trinajstić information content (AvgIpc) is 4.27. The number of carbonyl (C=O) groups is 8. The van der Waals surface area contributed by atoms with Crippen molar-refractivity contribution < 1.29 is 43.5 Å². The van der Waals surface area contributed by atoms with Crippen LogP contribution in [0.15, 0.2) is 95.3 Å². The molecule has 31 heteroatoms. The third-order valence-electron chi connectivity index (χ3n) is 13.2. The Kier molecular flexibility index (Phi) is 21.3. The summed E-state index contributed by atoms with van der Waals surface area (Å²) in [5.41, 5.74) is 24.4. The first-order chi connectivity index (χ1) is 39.3. The predicted molar refractivity (Wildman–Crippen MR) is 303 cm³/mol. The van der Waals surface area contributed by atoms with Crippen LogP contribution in [0.5, 0.6) is 0 Å². The standard InChI is InChI=1S/C51H64N18O11S2/c1-26(70)39(42(55)72)67-50(79)37-23-82-81-22-36(64-44(73)30(53)17-27-9-3-2-4-10-27)49(78)63-34(20-68-16-14-38(71)66-51(68)80)47(76)61-33(18-28-19-56-31-12-6-5-11-29(28)31)46(75)60-32(13-7-8-15-52)45(74)62-35(48(77)65-37)21-69-25-59-40-41(54)57-24-58-43(40)69/h2-6,9-12,14,16,19,24-26,30,32-37,39,56,70H,7-8,13,15,17-18,20-23,52-53H2,1H3,(H2,55,72)(H,60,75)(H,61,76)(H,62,74)(H,63,78)(H,64,73)(H,65,77)(H,67,79)(H2,54,57,58)(H,66,71,80)/t26?,30-,32+,33-,34+,35+,36+,37+,39+/m1/s1. The largest absolute Gasteiger partial charge is 0.391 e. The summed E-state index contributed by atoms with van der Waals surface area (Å²) >= 11 is 0. The number of para-hydroxylation sites is 1.